The summed E-state index contributed by atoms with van der Waals surface area (Å²) in [5, 5.41) is 3.09. The minimum Gasteiger partial charge on any atom is -0.370 e. The van der Waals surface area contributed by atoms with Crippen molar-refractivity contribution in [3.63, 3.8) is 0 Å². The van der Waals surface area contributed by atoms with Gasteiger partial charge in [-0.05, 0) is 32.1 Å². The Labute approximate surface area is 133 Å². The molecule has 3 N–H and O–H groups in total. The number of unbranched alkanes of at least 4 members (excludes halogenated alkanes) is 3. The minimum absolute atomic E-state index is 0.188. The van der Waals surface area contributed by atoms with Gasteiger partial charge in [-0.15, -0.1) is 0 Å². The van der Waals surface area contributed by atoms with Crippen LogP contribution in [-0.4, -0.2) is 31.5 Å². The number of benzene rings is 1. The smallest absolute Gasteiger partial charge is 0.188 e. The lowest BCUT2D eigenvalue weighted by molar-refractivity contribution is 0.392. The fraction of sp³-hybridized carbons (Fsp3) is 0.588. The molecule has 0 unspecified atom stereocenters. The summed E-state index contributed by atoms with van der Waals surface area (Å²) < 4.78 is 13.9. The molecule has 0 fully saturated rings. The number of guanidine groups is 1. The molecule has 0 aliphatic rings. The van der Waals surface area contributed by atoms with Gasteiger partial charge in [0.15, 0.2) is 5.96 Å². The van der Waals surface area contributed by atoms with E-state index < -0.39 is 0 Å². The average Bonchev–Trinajstić information content (AvgIpc) is 2.47. The molecule has 0 bridgehead atoms. The largest absolute Gasteiger partial charge is 0.370 e. The summed E-state index contributed by atoms with van der Waals surface area (Å²) in [5.74, 6) is 0.238. The van der Waals surface area contributed by atoms with Gasteiger partial charge < -0.3 is 16.0 Å². The maximum Gasteiger partial charge on any atom is 0.188 e. The molecule has 22 heavy (non-hydrogen) atoms. The van der Waals surface area contributed by atoms with Gasteiger partial charge in [-0.25, -0.2) is 9.38 Å². The molecule has 0 aliphatic carbocycles. The molecule has 0 atom stereocenters. The van der Waals surface area contributed by atoms with Crippen molar-refractivity contribution in [2.45, 2.75) is 45.7 Å². The second-order valence-electron chi connectivity index (χ2n) is 5.85. The molecule has 1 aromatic rings. The molecule has 0 amide bonds. The third-order valence-corrected chi connectivity index (χ3v) is 3.37. The van der Waals surface area contributed by atoms with Crippen molar-refractivity contribution in [1.29, 1.82) is 0 Å². The van der Waals surface area contributed by atoms with Crippen LogP contribution < -0.4 is 11.1 Å². The van der Waals surface area contributed by atoms with Crippen LogP contribution in [0.15, 0.2) is 23.2 Å². The Morgan fingerprint density at radius 3 is 2.68 bits per heavy atom. The molecule has 1 aromatic carbocycles. The van der Waals surface area contributed by atoms with Crippen LogP contribution in [0.1, 0.15) is 43.7 Å². The predicted molar refractivity (Wildman–Crippen MR) is 91.3 cm³/mol. The van der Waals surface area contributed by atoms with E-state index in [2.05, 4.69) is 17.2 Å². The summed E-state index contributed by atoms with van der Waals surface area (Å²) >= 11 is 0. The molecule has 0 aromatic heterocycles. The lowest BCUT2D eigenvalue weighted by atomic mass is 10.1. The van der Waals surface area contributed by atoms with Crippen molar-refractivity contribution in [1.82, 2.24) is 10.2 Å². The molecule has 124 valence electrons. The van der Waals surface area contributed by atoms with Crippen LogP contribution >= 0.6 is 0 Å². The molecule has 4 nitrogen and oxygen atoms in total. The molecule has 0 saturated carbocycles. The predicted octanol–water partition coefficient (Wildman–Crippen LogP) is 2.87. The summed E-state index contributed by atoms with van der Waals surface area (Å²) in [6.45, 7) is 4.02. The Kier molecular flexibility index (Phi) is 8.51. The van der Waals surface area contributed by atoms with E-state index in [-0.39, 0.29) is 5.82 Å². The fourth-order valence-corrected chi connectivity index (χ4v) is 2.16. The first-order valence-corrected chi connectivity index (χ1v) is 7.98. The molecule has 0 radical (unpaired) electrons. The van der Waals surface area contributed by atoms with Crippen LogP contribution in [-0.2, 0) is 13.1 Å². The van der Waals surface area contributed by atoms with E-state index in [1.54, 1.807) is 0 Å². The third kappa shape index (κ3) is 7.41. The van der Waals surface area contributed by atoms with Gasteiger partial charge in [0.2, 0.25) is 0 Å². The summed E-state index contributed by atoms with van der Waals surface area (Å²) in [5.41, 5.74) is 7.33. The average molecular weight is 308 g/mol. The van der Waals surface area contributed by atoms with Crippen molar-refractivity contribution in [2.24, 2.45) is 10.7 Å². The summed E-state index contributed by atoms with van der Waals surface area (Å²) in [6.07, 6.45) is 4.77. The molecular weight excluding hydrogens is 279 g/mol. The number of hydrogen-bond acceptors (Lipinski definition) is 2. The van der Waals surface area contributed by atoms with Gasteiger partial charge in [0.25, 0.3) is 0 Å². The van der Waals surface area contributed by atoms with E-state index >= 15 is 0 Å². The SMILES string of the molecule is CCCCCCNC(N)=NCc1ccc(CN(C)C)c(F)c1. The normalized spacial score (nSPS) is 12.0. The number of halogens is 1. The van der Waals surface area contributed by atoms with E-state index in [9.17, 15) is 4.39 Å². The first kappa shape index (κ1) is 18.4. The number of nitrogens with zero attached hydrogens (tertiary/aromatic N) is 2. The highest BCUT2D eigenvalue weighted by Gasteiger charge is 2.04. The second-order valence-corrected chi connectivity index (χ2v) is 5.85. The molecule has 1 rings (SSSR count). The van der Waals surface area contributed by atoms with Crippen LogP contribution in [0.2, 0.25) is 0 Å². The minimum atomic E-state index is -0.188. The standard InChI is InChI=1S/C17H29FN4/c1-4-5-6-7-10-20-17(19)21-12-14-8-9-15(13-22(2)3)16(18)11-14/h8-9,11H,4-7,10,12-13H2,1-3H3,(H3,19,20,21). The molecular formula is C17H29FN4. The highest BCUT2D eigenvalue weighted by atomic mass is 19.1. The van der Waals surface area contributed by atoms with Gasteiger partial charge in [-0.3, -0.25) is 0 Å². The fourth-order valence-electron chi connectivity index (χ4n) is 2.16. The van der Waals surface area contributed by atoms with Crippen LogP contribution in [0.5, 0.6) is 0 Å². The van der Waals surface area contributed by atoms with Crippen molar-refractivity contribution < 1.29 is 4.39 Å². The van der Waals surface area contributed by atoms with E-state index in [1.165, 1.54) is 25.3 Å². The van der Waals surface area contributed by atoms with Gasteiger partial charge in [0.1, 0.15) is 5.82 Å². The number of aliphatic imine (C=N–C) groups is 1. The zero-order valence-corrected chi connectivity index (χ0v) is 14.0. The zero-order chi connectivity index (χ0) is 16.4. The van der Waals surface area contributed by atoms with E-state index in [0.29, 0.717) is 24.6 Å². The van der Waals surface area contributed by atoms with Crippen molar-refractivity contribution in [2.75, 3.05) is 20.6 Å². The highest BCUT2D eigenvalue weighted by molar-refractivity contribution is 5.77. The molecule has 0 aliphatic heterocycles. The Morgan fingerprint density at radius 1 is 1.27 bits per heavy atom. The summed E-state index contributed by atoms with van der Waals surface area (Å²) in [7, 11) is 3.84. The quantitative estimate of drug-likeness (QED) is 0.419. The number of hydrogen-bond donors (Lipinski definition) is 2. The van der Waals surface area contributed by atoms with Crippen LogP contribution in [0.25, 0.3) is 0 Å². The summed E-state index contributed by atoms with van der Waals surface area (Å²) in [4.78, 5) is 6.19. The van der Waals surface area contributed by atoms with Crippen LogP contribution in [0.3, 0.4) is 0 Å². The number of rotatable bonds is 9. The Hall–Kier alpha value is -1.62. The summed E-state index contributed by atoms with van der Waals surface area (Å²) in [6, 6.07) is 5.26. The van der Waals surface area contributed by atoms with Crippen molar-refractivity contribution in [3.8, 4) is 0 Å². The van der Waals surface area contributed by atoms with Crippen molar-refractivity contribution >= 4 is 5.96 Å². The van der Waals surface area contributed by atoms with Gasteiger partial charge in [-0.1, -0.05) is 38.3 Å². The number of nitrogens with two attached hydrogens (primary N) is 1. The van der Waals surface area contributed by atoms with E-state index in [0.717, 1.165) is 18.5 Å². The van der Waals surface area contributed by atoms with E-state index in [4.69, 9.17) is 5.73 Å². The third-order valence-electron chi connectivity index (χ3n) is 3.37. The second kappa shape index (κ2) is 10.2. The Morgan fingerprint density at radius 2 is 2.05 bits per heavy atom. The van der Waals surface area contributed by atoms with Gasteiger partial charge in [0.05, 0.1) is 6.54 Å². The van der Waals surface area contributed by atoms with Gasteiger partial charge in [-0.2, -0.15) is 0 Å². The van der Waals surface area contributed by atoms with Gasteiger partial charge >= 0.3 is 0 Å². The topological polar surface area (TPSA) is 53.6 Å². The monoisotopic (exact) mass is 308 g/mol. The lowest BCUT2D eigenvalue weighted by Crippen LogP contribution is -2.32. The Bertz CT molecular complexity index is 472. The van der Waals surface area contributed by atoms with Crippen LogP contribution in [0.4, 0.5) is 4.39 Å². The van der Waals surface area contributed by atoms with Crippen molar-refractivity contribution in [3.05, 3.63) is 35.1 Å². The lowest BCUT2D eigenvalue weighted by Gasteiger charge is -2.11. The first-order valence-electron chi connectivity index (χ1n) is 7.98. The number of nitrogens with one attached hydrogen (secondary N) is 1. The maximum absolute atomic E-state index is 13.9. The molecule has 0 heterocycles. The van der Waals surface area contributed by atoms with Gasteiger partial charge in [0, 0.05) is 18.7 Å². The molecule has 0 saturated heterocycles. The maximum atomic E-state index is 13.9. The van der Waals surface area contributed by atoms with E-state index in [1.807, 2.05) is 31.1 Å². The Balaban J connectivity index is 2.42. The molecule has 5 heteroatoms. The molecule has 0 spiro atoms. The zero-order valence-electron chi connectivity index (χ0n) is 14.0. The highest BCUT2D eigenvalue weighted by Crippen LogP contribution is 2.12. The van der Waals surface area contributed by atoms with Crippen LogP contribution in [0, 0.1) is 5.82 Å². The first-order chi connectivity index (χ1) is 10.5.